The van der Waals surface area contributed by atoms with Crippen LogP contribution in [0, 0.1) is 0 Å². The Morgan fingerprint density at radius 1 is 1.17 bits per heavy atom. The number of benzene rings is 2. The van der Waals surface area contributed by atoms with Crippen molar-refractivity contribution in [2.24, 2.45) is 0 Å². The van der Waals surface area contributed by atoms with Crippen molar-refractivity contribution in [2.45, 2.75) is 0 Å². The van der Waals surface area contributed by atoms with Crippen molar-refractivity contribution in [3.8, 4) is 11.1 Å². The van der Waals surface area contributed by atoms with Crippen LogP contribution in [0.4, 0.5) is 0 Å². The predicted molar refractivity (Wildman–Crippen MR) is 76.6 cm³/mol. The lowest BCUT2D eigenvalue weighted by atomic mass is 10.00. The molecule has 0 radical (unpaired) electrons. The highest BCUT2D eigenvalue weighted by Crippen LogP contribution is 2.37. The van der Waals surface area contributed by atoms with Gasteiger partial charge in [0.25, 0.3) is 0 Å². The molecule has 0 heterocycles. The third kappa shape index (κ3) is 2.53. The third-order valence-electron chi connectivity index (χ3n) is 2.44. The van der Waals surface area contributed by atoms with Crippen molar-refractivity contribution in [1.82, 2.24) is 0 Å². The normalized spacial score (nSPS) is 10.4. The molecule has 0 aromatic heterocycles. The van der Waals surface area contributed by atoms with E-state index >= 15 is 0 Å². The van der Waals surface area contributed by atoms with E-state index in [1.54, 1.807) is 30.3 Å². The Kier molecular flexibility index (Phi) is 3.95. The van der Waals surface area contributed by atoms with Gasteiger partial charge in [-0.3, -0.25) is 0 Å². The van der Waals surface area contributed by atoms with Crippen LogP contribution < -0.4 is 0 Å². The van der Waals surface area contributed by atoms with Crippen LogP contribution in [0.5, 0.6) is 0 Å². The van der Waals surface area contributed by atoms with E-state index in [-0.39, 0.29) is 5.56 Å². The predicted octanol–water partition coefficient (Wildman–Crippen LogP) is 5.12. The lowest BCUT2D eigenvalue weighted by Crippen LogP contribution is -2.00. The van der Waals surface area contributed by atoms with E-state index in [2.05, 4.69) is 15.9 Å². The quantitative estimate of drug-likeness (QED) is 0.820. The fourth-order valence-electron chi connectivity index (χ4n) is 1.66. The number of aromatic carboxylic acids is 1. The van der Waals surface area contributed by atoms with Crippen molar-refractivity contribution in [3.63, 3.8) is 0 Å². The molecule has 2 aromatic carbocycles. The molecule has 2 aromatic rings. The molecule has 2 nitrogen and oxygen atoms in total. The zero-order valence-electron chi connectivity index (χ0n) is 8.95. The van der Waals surface area contributed by atoms with Gasteiger partial charge in [-0.1, -0.05) is 45.2 Å². The number of carbonyl (C=O) groups is 1. The minimum atomic E-state index is -1.02. The summed E-state index contributed by atoms with van der Waals surface area (Å²) >= 11 is 15.4. The Morgan fingerprint density at radius 3 is 2.50 bits per heavy atom. The smallest absolute Gasteiger partial charge is 0.336 e. The minimum Gasteiger partial charge on any atom is -0.478 e. The first-order chi connectivity index (χ1) is 8.50. The van der Waals surface area contributed by atoms with Gasteiger partial charge < -0.3 is 5.11 Å². The Balaban J connectivity index is 2.77. The first-order valence-corrected chi connectivity index (χ1v) is 6.53. The fourth-order valence-corrected chi connectivity index (χ4v) is 2.81. The monoisotopic (exact) mass is 344 g/mol. The molecular weight excluding hydrogens is 339 g/mol. The molecule has 0 saturated heterocycles. The van der Waals surface area contributed by atoms with Crippen molar-refractivity contribution in [1.29, 1.82) is 0 Å². The summed E-state index contributed by atoms with van der Waals surface area (Å²) in [5.74, 6) is -1.02. The molecule has 0 aliphatic carbocycles. The van der Waals surface area contributed by atoms with Crippen molar-refractivity contribution >= 4 is 45.1 Å². The molecule has 0 amide bonds. The van der Waals surface area contributed by atoms with Gasteiger partial charge in [-0.15, -0.1) is 0 Å². The second kappa shape index (κ2) is 5.31. The molecule has 0 saturated carbocycles. The lowest BCUT2D eigenvalue weighted by Gasteiger charge is -2.11. The molecule has 1 N–H and O–H groups in total. The molecule has 0 bridgehead atoms. The zero-order chi connectivity index (χ0) is 13.3. The van der Waals surface area contributed by atoms with E-state index in [0.29, 0.717) is 21.2 Å². The lowest BCUT2D eigenvalue weighted by molar-refractivity contribution is 0.0698. The summed E-state index contributed by atoms with van der Waals surface area (Å²) in [5, 5.41) is 10.1. The highest BCUT2D eigenvalue weighted by molar-refractivity contribution is 9.10. The molecule has 0 spiro atoms. The van der Waals surface area contributed by atoms with E-state index < -0.39 is 5.97 Å². The Hall–Kier alpha value is -1.03. The number of rotatable bonds is 2. The number of hydrogen-bond acceptors (Lipinski definition) is 1. The van der Waals surface area contributed by atoms with Crippen LogP contribution in [0.25, 0.3) is 11.1 Å². The van der Waals surface area contributed by atoms with Crippen LogP contribution in [-0.2, 0) is 0 Å². The molecule has 0 aliphatic heterocycles. The molecule has 92 valence electrons. The highest BCUT2D eigenvalue weighted by atomic mass is 79.9. The van der Waals surface area contributed by atoms with Crippen molar-refractivity contribution in [3.05, 3.63) is 56.5 Å². The van der Waals surface area contributed by atoms with E-state index in [9.17, 15) is 9.90 Å². The van der Waals surface area contributed by atoms with E-state index in [1.165, 1.54) is 6.07 Å². The van der Waals surface area contributed by atoms with Gasteiger partial charge in [-0.2, -0.15) is 0 Å². The molecule has 5 heteroatoms. The van der Waals surface area contributed by atoms with Gasteiger partial charge >= 0.3 is 5.97 Å². The maximum absolute atomic E-state index is 11.2. The van der Waals surface area contributed by atoms with E-state index in [0.717, 1.165) is 4.47 Å². The van der Waals surface area contributed by atoms with Gasteiger partial charge in [0, 0.05) is 25.6 Å². The average molecular weight is 346 g/mol. The number of halogens is 3. The van der Waals surface area contributed by atoms with E-state index in [1.807, 2.05) is 0 Å². The van der Waals surface area contributed by atoms with Gasteiger partial charge in [0.2, 0.25) is 0 Å². The second-order valence-corrected chi connectivity index (χ2v) is 5.29. The maximum Gasteiger partial charge on any atom is 0.336 e. The second-order valence-electron chi connectivity index (χ2n) is 3.59. The fraction of sp³-hybridized carbons (Fsp3) is 0. The number of carboxylic acid groups (broad SMARTS) is 1. The first kappa shape index (κ1) is 13.4. The van der Waals surface area contributed by atoms with Crippen LogP contribution >= 0.6 is 39.1 Å². The van der Waals surface area contributed by atoms with Crippen LogP contribution in [-0.4, -0.2) is 11.1 Å². The zero-order valence-corrected chi connectivity index (χ0v) is 12.1. The average Bonchev–Trinajstić information content (AvgIpc) is 2.28. The molecule has 2 rings (SSSR count). The van der Waals surface area contributed by atoms with Crippen LogP contribution in [0.1, 0.15) is 10.4 Å². The van der Waals surface area contributed by atoms with Crippen molar-refractivity contribution < 1.29 is 9.90 Å². The summed E-state index contributed by atoms with van der Waals surface area (Å²) in [6.07, 6.45) is 0. The van der Waals surface area contributed by atoms with Gasteiger partial charge in [-0.25, -0.2) is 4.79 Å². The minimum absolute atomic E-state index is 0.160. The summed E-state index contributed by atoms with van der Waals surface area (Å²) in [4.78, 5) is 11.2. The molecular formula is C13H7BrCl2O2. The standard InChI is InChI=1S/C13H7BrCl2O2/c14-10-2-1-3-11(16)12(10)9-6-7(15)4-5-8(9)13(17)18/h1-6H,(H,17,18). The van der Waals surface area contributed by atoms with Gasteiger partial charge in [-0.05, 0) is 30.3 Å². The summed E-state index contributed by atoms with van der Waals surface area (Å²) in [6, 6.07) is 9.88. The molecule has 0 aliphatic rings. The third-order valence-corrected chi connectivity index (χ3v) is 3.66. The molecule has 0 unspecified atom stereocenters. The van der Waals surface area contributed by atoms with Gasteiger partial charge in [0.15, 0.2) is 0 Å². The number of carboxylic acids is 1. The topological polar surface area (TPSA) is 37.3 Å². The molecule has 18 heavy (non-hydrogen) atoms. The summed E-state index contributed by atoms with van der Waals surface area (Å²) in [7, 11) is 0. The van der Waals surface area contributed by atoms with Crippen LogP contribution in [0.15, 0.2) is 40.9 Å². The maximum atomic E-state index is 11.2. The summed E-state index contributed by atoms with van der Waals surface area (Å²) < 4.78 is 0.722. The summed E-state index contributed by atoms with van der Waals surface area (Å²) in [5.41, 5.74) is 1.28. The largest absolute Gasteiger partial charge is 0.478 e. The Bertz CT molecular complexity index is 606. The van der Waals surface area contributed by atoms with Crippen LogP contribution in [0.2, 0.25) is 10.0 Å². The highest BCUT2D eigenvalue weighted by Gasteiger charge is 2.16. The SMILES string of the molecule is O=C(O)c1ccc(Cl)cc1-c1c(Cl)cccc1Br. The van der Waals surface area contributed by atoms with Crippen molar-refractivity contribution in [2.75, 3.05) is 0 Å². The number of hydrogen-bond donors (Lipinski definition) is 1. The van der Waals surface area contributed by atoms with Gasteiger partial charge in [0.05, 0.1) is 5.56 Å². The van der Waals surface area contributed by atoms with Gasteiger partial charge in [0.1, 0.15) is 0 Å². The first-order valence-electron chi connectivity index (χ1n) is 4.98. The summed E-state index contributed by atoms with van der Waals surface area (Å²) in [6.45, 7) is 0. The van der Waals surface area contributed by atoms with E-state index in [4.69, 9.17) is 23.2 Å². The molecule has 0 fully saturated rings. The Labute approximate surface area is 122 Å². The van der Waals surface area contributed by atoms with Crippen LogP contribution in [0.3, 0.4) is 0 Å². The Morgan fingerprint density at radius 2 is 1.89 bits per heavy atom. The molecule has 0 atom stereocenters.